The number of carbonyl (C=O) groups excluding carboxylic acids is 1. The molecular weight excluding hydrogens is 238 g/mol. The number of para-hydroxylation sites is 1. The number of rotatable bonds is 3. The van der Waals surface area contributed by atoms with E-state index in [0.717, 1.165) is 44.7 Å². The smallest absolute Gasteiger partial charge is 0.136 e. The SMILES string of the molecule is O=C(CC1CCOc2ccccc21)C1CCNCC1. The van der Waals surface area contributed by atoms with Crippen molar-refractivity contribution in [3.63, 3.8) is 0 Å². The average Bonchev–Trinajstić information content (AvgIpc) is 2.48. The van der Waals surface area contributed by atoms with Crippen LogP contribution in [0.1, 0.15) is 37.2 Å². The average molecular weight is 259 g/mol. The zero-order valence-corrected chi connectivity index (χ0v) is 11.2. The molecule has 3 heteroatoms. The summed E-state index contributed by atoms with van der Waals surface area (Å²) in [4.78, 5) is 12.4. The van der Waals surface area contributed by atoms with E-state index in [9.17, 15) is 4.79 Å². The van der Waals surface area contributed by atoms with Crippen molar-refractivity contribution in [3.8, 4) is 5.75 Å². The predicted octanol–water partition coefficient (Wildman–Crippen LogP) is 2.51. The summed E-state index contributed by atoms with van der Waals surface area (Å²) in [5, 5.41) is 3.32. The summed E-state index contributed by atoms with van der Waals surface area (Å²) in [7, 11) is 0. The Morgan fingerprint density at radius 2 is 2.00 bits per heavy atom. The molecule has 1 atom stereocenters. The number of ether oxygens (including phenoxy) is 1. The van der Waals surface area contributed by atoms with Crippen molar-refractivity contribution in [2.24, 2.45) is 5.92 Å². The molecule has 3 nitrogen and oxygen atoms in total. The summed E-state index contributed by atoms with van der Waals surface area (Å²) in [6, 6.07) is 8.15. The number of nitrogens with one attached hydrogen (secondary N) is 1. The molecule has 1 aromatic carbocycles. The van der Waals surface area contributed by atoms with Crippen LogP contribution in [0, 0.1) is 5.92 Å². The number of ketones is 1. The maximum atomic E-state index is 12.4. The lowest BCUT2D eigenvalue weighted by Gasteiger charge is -2.28. The Morgan fingerprint density at radius 3 is 2.84 bits per heavy atom. The van der Waals surface area contributed by atoms with Gasteiger partial charge < -0.3 is 10.1 Å². The van der Waals surface area contributed by atoms with Crippen molar-refractivity contribution in [1.29, 1.82) is 0 Å². The Kier molecular flexibility index (Phi) is 3.83. The number of Topliss-reactive ketones (excluding diaryl/α,β-unsaturated/α-hetero) is 1. The Balaban J connectivity index is 1.68. The second-order valence-electron chi connectivity index (χ2n) is 5.57. The van der Waals surface area contributed by atoms with Crippen molar-refractivity contribution in [2.45, 2.75) is 31.6 Å². The van der Waals surface area contributed by atoms with Crippen LogP contribution < -0.4 is 10.1 Å². The van der Waals surface area contributed by atoms with Crippen LogP contribution >= 0.6 is 0 Å². The molecule has 1 fully saturated rings. The molecule has 0 spiro atoms. The number of hydrogen-bond donors (Lipinski definition) is 1. The van der Waals surface area contributed by atoms with Crippen LogP contribution in [0.15, 0.2) is 24.3 Å². The fourth-order valence-corrected chi connectivity index (χ4v) is 3.18. The third-order valence-corrected chi connectivity index (χ3v) is 4.32. The zero-order valence-electron chi connectivity index (χ0n) is 11.2. The normalized spacial score (nSPS) is 23.5. The topological polar surface area (TPSA) is 38.3 Å². The van der Waals surface area contributed by atoms with Crippen LogP contribution in [-0.2, 0) is 4.79 Å². The van der Waals surface area contributed by atoms with Gasteiger partial charge in [-0.1, -0.05) is 18.2 Å². The molecule has 2 heterocycles. The minimum atomic E-state index is 0.274. The highest BCUT2D eigenvalue weighted by atomic mass is 16.5. The van der Waals surface area contributed by atoms with Crippen molar-refractivity contribution < 1.29 is 9.53 Å². The molecule has 0 amide bonds. The molecule has 0 bridgehead atoms. The lowest BCUT2D eigenvalue weighted by Crippen LogP contribution is -2.32. The number of piperidine rings is 1. The second kappa shape index (κ2) is 5.74. The van der Waals surface area contributed by atoms with E-state index in [1.165, 1.54) is 5.56 Å². The van der Waals surface area contributed by atoms with E-state index in [4.69, 9.17) is 4.74 Å². The molecule has 102 valence electrons. The van der Waals surface area contributed by atoms with Crippen LogP contribution in [-0.4, -0.2) is 25.5 Å². The van der Waals surface area contributed by atoms with E-state index in [1.54, 1.807) is 0 Å². The molecule has 0 saturated carbocycles. The van der Waals surface area contributed by atoms with Gasteiger partial charge in [-0.05, 0) is 49.9 Å². The molecule has 1 aromatic rings. The first-order valence-corrected chi connectivity index (χ1v) is 7.30. The van der Waals surface area contributed by atoms with E-state index >= 15 is 0 Å². The third kappa shape index (κ3) is 2.81. The van der Waals surface area contributed by atoms with Gasteiger partial charge in [-0.3, -0.25) is 4.79 Å². The van der Waals surface area contributed by atoms with Gasteiger partial charge in [-0.15, -0.1) is 0 Å². The minimum absolute atomic E-state index is 0.274. The zero-order chi connectivity index (χ0) is 13.1. The fraction of sp³-hybridized carbons (Fsp3) is 0.562. The van der Waals surface area contributed by atoms with E-state index in [0.29, 0.717) is 18.1 Å². The first-order chi connectivity index (χ1) is 9.34. The van der Waals surface area contributed by atoms with Crippen molar-refractivity contribution in [1.82, 2.24) is 5.32 Å². The second-order valence-corrected chi connectivity index (χ2v) is 5.57. The first kappa shape index (κ1) is 12.7. The monoisotopic (exact) mass is 259 g/mol. The summed E-state index contributed by atoms with van der Waals surface area (Å²) in [6.07, 6.45) is 3.66. The number of benzene rings is 1. The van der Waals surface area contributed by atoms with Crippen LogP contribution in [0.4, 0.5) is 0 Å². The highest BCUT2D eigenvalue weighted by Crippen LogP contribution is 2.36. The third-order valence-electron chi connectivity index (χ3n) is 4.32. The maximum Gasteiger partial charge on any atom is 0.136 e. The molecule has 0 radical (unpaired) electrons. The Bertz CT molecular complexity index is 452. The Labute approximate surface area is 114 Å². The van der Waals surface area contributed by atoms with Crippen molar-refractivity contribution in [3.05, 3.63) is 29.8 Å². The summed E-state index contributed by atoms with van der Waals surface area (Å²) >= 11 is 0. The van der Waals surface area contributed by atoms with Gasteiger partial charge in [-0.2, -0.15) is 0 Å². The molecule has 3 rings (SSSR count). The van der Waals surface area contributed by atoms with Crippen molar-refractivity contribution >= 4 is 5.78 Å². The first-order valence-electron chi connectivity index (χ1n) is 7.30. The molecule has 1 unspecified atom stereocenters. The summed E-state index contributed by atoms with van der Waals surface area (Å²) < 4.78 is 5.66. The van der Waals surface area contributed by atoms with Gasteiger partial charge in [0.2, 0.25) is 0 Å². The van der Waals surface area contributed by atoms with Crippen LogP contribution in [0.5, 0.6) is 5.75 Å². The number of carbonyl (C=O) groups is 1. The number of fused-ring (bicyclic) bond motifs is 1. The van der Waals surface area contributed by atoms with Crippen LogP contribution in [0.2, 0.25) is 0 Å². The lowest BCUT2D eigenvalue weighted by molar-refractivity contribution is -0.124. The van der Waals surface area contributed by atoms with E-state index in [1.807, 2.05) is 18.2 Å². The van der Waals surface area contributed by atoms with Gasteiger partial charge in [0.25, 0.3) is 0 Å². The van der Waals surface area contributed by atoms with Gasteiger partial charge in [0, 0.05) is 12.3 Å². The lowest BCUT2D eigenvalue weighted by atomic mass is 9.83. The van der Waals surface area contributed by atoms with Crippen LogP contribution in [0.25, 0.3) is 0 Å². The van der Waals surface area contributed by atoms with Crippen LogP contribution in [0.3, 0.4) is 0 Å². The predicted molar refractivity (Wildman–Crippen MR) is 74.5 cm³/mol. The Hall–Kier alpha value is -1.35. The van der Waals surface area contributed by atoms with Gasteiger partial charge in [-0.25, -0.2) is 0 Å². The standard InChI is InChI=1S/C16H21NO2/c18-15(12-5-8-17-9-6-12)11-13-7-10-19-16-4-2-1-3-14(13)16/h1-4,12-13,17H,5-11H2. The fourth-order valence-electron chi connectivity index (χ4n) is 3.18. The van der Waals surface area contributed by atoms with E-state index in [2.05, 4.69) is 11.4 Å². The largest absolute Gasteiger partial charge is 0.493 e. The van der Waals surface area contributed by atoms with Gasteiger partial charge >= 0.3 is 0 Å². The summed E-state index contributed by atoms with van der Waals surface area (Å²) in [5.41, 5.74) is 1.22. The van der Waals surface area contributed by atoms with E-state index in [-0.39, 0.29) is 5.92 Å². The highest BCUT2D eigenvalue weighted by Gasteiger charge is 2.27. The maximum absolute atomic E-state index is 12.4. The molecule has 2 aliphatic rings. The summed E-state index contributed by atoms with van der Waals surface area (Å²) in [5.74, 6) is 2.05. The van der Waals surface area contributed by atoms with Crippen molar-refractivity contribution in [2.75, 3.05) is 19.7 Å². The molecule has 1 saturated heterocycles. The molecule has 2 aliphatic heterocycles. The molecule has 19 heavy (non-hydrogen) atoms. The minimum Gasteiger partial charge on any atom is -0.493 e. The van der Waals surface area contributed by atoms with Gasteiger partial charge in [0.05, 0.1) is 6.61 Å². The number of hydrogen-bond acceptors (Lipinski definition) is 3. The quantitative estimate of drug-likeness (QED) is 0.906. The molecule has 1 N–H and O–H groups in total. The molecule has 0 aromatic heterocycles. The molecular formula is C16H21NO2. The highest BCUT2D eigenvalue weighted by molar-refractivity contribution is 5.82. The summed E-state index contributed by atoms with van der Waals surface area (Å²) in [6.45, 7) is 2.71. The van der Waals surface area contributed by atoms with Gasteiger partial charge in [0.15, 0.2) is 0 Å². The van der Waals surface area contributed by atoms with E-state index < -0.39 is 0 Å². The Morgan fingerprint density at radius 1 is 1.21 bits per heavy atom. The molecule has 0 aliphatic carbocycles. The van der Waals surface area contributed by atoms with Gasteiger partial charge in [0.1, 0.15) is 11.5 Å².